The SMILES string of the molecule is CC(C)CC(C)(C)CC(C)(CO)C(=O)O. The highest BCUT2D eigenvalue weighted by Gasteiger charge is 2.38. The smallest absolute Gasteiger partial charge is 0.311 e. The molecule has 1 unspecified atom stereocenters. The minimum atomic E-state index is -1.02. The fourth-order valence-electron chi connectivity index (χ4n) is 2.43. The van der Waals surface area contributed by atoms with E-state index in [9.17, 15) is 9.90 Å². The first kappa shape index (κ1) is 14.4. The fraction of sp³-hybridized carbons (Fsp3) is 0.917. The number of aliphatic hydroxyl groups is 1. The summed E-state index contributed by atoms with van der Waals surface area (Å²) in [7, 11) is 0. The van der Waals surface area contributed by atoms with Gasteiger partial charge in [-0.1, -0.05) is 27.7 Å². The van der Waals surface area contributed by atoms with Gasteiger partial charge in [-0.15, -0.1) is 0 Å². The summed E-state index contributed by atoms with van der Waals surface area (Å²) in [5.41, 5.74) is -1.07. The molecule has 0 aliphatic carbocycles. The third-order valence-electron chi connectivity index (χ3n) is 2.69. The van der Waals surface area contributed by atoms with Gasteiger partial charge in [-0.2, -0.15) is 0 Å². The Balaban J connectivity index is 4.60. The number of carboxylic acids is 1. The van der Waals surface area contributed by atoms with E-state index in [1.807, 2.05) is 0 Å². The first-order chi connectivity index (χ1) is 6.63. The van der Waals surface area contributed by atoms with E-state index in [4.69, 9.17) is 5.11 Å². The number of aliphatic carboxylic acids is 1. The quantitative estimate of drug-likeness (QED) is 0.717. The van der Waals surface area contributed by atoms with Crippen LogP contribution in [0.4, 0.5) is 0 Å². The second-order valence-electron chi connectivity index (χ2n) is 5.96. The van der Waals surface area contributed by atoms with E-state index >= 15 is 0 Å². The second-order valence-corrected chi connectivity index (χ2v) is 5.96. The number of carboxylic acid groups (broad SMARTS) is 1. The van der Waals surface area contributed by atoms with E-state index in [1.165, 1.54) is 0 Å². The molecule has 2 N–H and O–H groups in total. The molecule has 15 heavy (non-hydrogen) atoms. The Hall–Kier alpha value is -0.570. The van der Waals surface area contributed by atoms with Crippen molar-refractivity contribution < 1.29 is 15.0 Å². The molecule has 0 aliphatic rings. The topological polar surface area (TPSA) is 57.5 Å². The van der Waals surface area contributed by atoms with Gasteiger partial charge in [-0.3, -0.25) is 4.79 Å². The molecule has 0 saturated carbocycles. The minimum Gasteiger partial charge on any atom is -0.481 e. The molecule has 3 heteroatoms. The Labute approximate surface area is 92.5 Å². The molecular weight excluding hydrogens is 192 g/mol. The van der Waals surface area contributed by atoms with Crippen LogP contribution >= 0.6 is 0 Å². The molecule has 0 aromatic rings. The van der Waals surface area contributed by atoms with Crippen molar-refractivity contribution in [2.45, 2.75) is 47.5 Å². The standard InChI is InChI=1S/C12H24O3/c1-9(2)6-11(3,4)7-12(5,8-13)10(14)15/h9,13H,6-8H2,1-5H3,(H,14,15). The largest absolute Gasteiger partial charge is 0.481 e. The highest BCUT2D eigenvalue weighted by molar-refractivity contribution is 5.74. The first-order valence-corrected chi connectivity index (χ1v) is 5.47. The zero-order valence-corrected chi connectivity index (χ0v) is 10.5. The van der Waals surface area contributed by atoms with Gasteiger partial charge in [0.2, 0.25) is 0 Å². The third kappa shape index (κ3) is 4.65. The highest BCUT2D eigenvalue weighted by Crippen LogP contribution is 2.38. The van der Waals surface area contributed by atoms with Gasteiger partial charge in [-0.05, 0) is 31.1 Å². The van der Waals surface area contributed by atoms with E-state index in [1.54, 1.807) is 6.92 Å². The molecule has 0 bridgehead atoms. The van der Waals surface area contributed by atoms with Gasteiger partial charge in [0.05, 0.1) is 12.0 Å². The molecule has 0 rings (SSSR count). The van der Waals surface area contributed by atoms with Crippen molar-refractivity contribution in [1.82, 2.24) is 0 Å². The van der Waals surface area contributed by atoms with Gasteiger partial charge in [0, 0.05) is 0 Å². The average molecular weight is 216 g/mol. The van der Waals surface area contributed by atoms with Crippen molar-refractivity contribution in [1.29, 1.82) is 0 Å². The molecule has 0 radical (unpaired) electrons. The average Bonchev–Trinajstić information content (AvgIpc) is 2.00. The van der Waals surface area contributed by atoms with E-state index < -0.39 is 11.4 Å². The predicted molar refractivity (Wildman–Crippen MR) is 60.7 cm³/mol. The highest BCUT2D eigenvalue weighted by atomic mass is 16.4. The summed E-state index contributed by atoms with van der Waals surface area (Å²) in [5, 5.41) is 18.2. The third-order valence-corrected chi connectivity index (χ3v) is 2.69. The van der Waals surface area contributed by atoms with Crippen LogP contribution < -0.4 is 0 Å². The molecule has 0 amide bonds. The van der Waals surface area contributed by atoms with Crippen LogP contribution in [-0.2, 0) is 4.79 Å². The summed E-state index contributed by atoms with van der Waals surface area (Å²) in [6, 6.07) is 0. The summed E-state index contributed by atoms with van der Waals surface area (Å²) in [6.07, 6.45) is 1.47. The summed E-state index contributed by atoms with van der Waals surface area (Å²) in [4.78, 5) is 11.1. The van der Waals surface area contributed by atoms with E-state index in [0.29, 0.717) is 12.3 Å². The van der Waals surface area contributed by atoms with Gasteiger partial charge in [0.15, 0.2) is 0 Å². The lowest BCUT2D eigenvalue weighted by atomic mass is 9.71. The lowest BCUT2D eigenvalue weighted by Gasteiger charge is -2.34. The second kappa shape index (κ2) is 4.97. The summed E-state index contributed by atoms with van der Waals surface area (Å²) >= 11 is 0. The Bertz CT molecular complexity index is 221. The Kier molecular flexibility index (Phi) is 4.78. The Morgan fingerprint density at radius 1 is 1.27 bits per heavy atom. The molecule has 0 spiro atoms. The molecule has 3 nitrogen and oxygen atoms in total. The minimum absolute atomic E-state index is 0.0516. The number of hydrogen-bond donors (Lipinski definition) is 2. The van der Waals surface area contributed by atoms with E-state index in [-0.39, 0.29) is 12.0 Å². The zero-order valence-electron chi connectivity index (χ0n) is 10.5. The van der Waals surface area contributed by atoms with Crippen LogP contribution in [0.25, 0.3) is 0 Å². The van der Waals surface area contributed by atoms with Gasteiger partial charge in [0.1, 0.15) is 0 Å². The van der Waals surface area contributed by atoms with Crippen LogP contribution in [0.3, 0.4) is 0 Å². The number of aliphatic hydroxyl groups excluding tert-OH is 1. The van der Waals surface area contributed by atoms with E-state index in [0.717, 1.165) is 6.42 Å². The lowest BCUT2D eigenvalue weighted by molar-refractivity contribution is -0.152. The normalized spacial score (nSPS) is 16.5. The summed E-state index contributed by atoms with van der Waals surface area (Å²) in [6.45, 7) is 9.67. The summed E-state index contributed by atoms with van der Waals surface area (Å²) in [5.74, 6) is -0.376. The van der Waals surface area contributed by atoms with Crippen molar-refractivity contribution in [3.63, 3.8) is 0 Å². The van der Waals surface area contributed by atoms with Crippen LogP contribution in [-0.4, -0.2) is 22.8 Å². The number of hydrogen-bond acceptors (Lipinski definition) is 2. The van der Waals surface area contributed by atoms with Gasteiger partial charge >= 0.3 is 5.97 Å². The van der Waals surface area contributed by atoms with Gasteiger partial charge in [-0.25, -0.2) is 0 Å². The molecule has 0 aliphatic heterocycles. The monoisotopic (exact) mass is 216 g/mol. The predicted octanol–water partition coefficient (Wildman–Crippen LogP) is 2.53. The van der Waals surface area contributed by atoms with Crippen molar-refractivity contribution in [2.75, 3.05) is 6.61 Å². The Morgan fingerprint density at radius 2 is 1.73 bits per heavy atom. The van der Waals surface area contributed by atoms with Crippen molar-refractivity contribution in [3.8, 4) is 0 Å². The van der Waals surface area contributed by atoms with Crippen LogP contribution in [0.1, 0.15) is 47.5 Å². The van der Waals surface area contributed by atoms with E-state index in [2.05, 4.69) is 27.7 Å². The molecule has 0 aromatic carbocycles. The number of rotatable bonds is 6. The number of carbonyl (C=O) groups is 1. The van der Waals surface area contributed by atoms with Crippen LogP contribution in [0.5, 0.6) is 0 Å². The van der Waals surface area contributed by atoms with Crippen molar-refractivity contribution >= 4 is 5.97 Å². The van der Waals surface area contributed by atoms with Crippen LogP contribution in [0, 0.1) is 16.7 Å². The fourth-order valence-corrected chi connectivity index (χ4v) is 2.43. The maximum atomic E-state index is 11.1. The van der Waals surface area contributed by atoms with Crippen molar-refractivity contribution in [2.24, 2.45) is 16.7 Å². The van der Waals surface area contributed by atoms with Gasteiger partial charge < -0.3 is 10.2 Å². The molecule has 0 saturated heterocycles. The molecule has 90 valence electrons. The maximum Gasteiger partial charge on any atom is 0.311 e. The summed E-state index contributed by atoms with van der Waals surface area (Å²) < 4.78 is 0. The molecule has 1 atom stereocenters. The molecule has 0 aromatic heterocycles. The van der Waals surface area contributed by atoms with Crippen LogP contribution in [0.15, 0.2) is 0 Å². The maximum absolute atomic E-state index is 11.1. The molecule has 0 heterocycles. The lowest BCUT2D eigenvalue weighted by Crippen LogP contribution is -2.36. The first-order valence-electron chi connectivity index (χ1n) is 5.47. The zero-order chi connectivity index (χ0) is 12.3. The molecule has 0 fully saturated rings. The van der Waals surface area contributed by atoms with Gasteiger partial charge in [0.25, 0.3) is 0 Å². The van der Waals surface area contributed by atoms with Crippen molar-refractivity contribution in [3.05, 3.63) is 0 Å². The molecular formula is C12H24O3. The Morgan fingerprint density at radius 3 is 2.00 bits per heavy atom. The van der Waals surface area contributed by atoms with Crippen LogP contribution in [0.2, 0.25) is 0 Å².